The van der Waals surface area contributed by atoms with Crippen molar-refractivity contribution < 1.29 is 33.3 Å². The minimum Gasteiger partial charge on any atom is -0.502 e. The van der Waals surface area contributed by atoms with E-state index in [0.717, 1.165) is 0 Å². The van der Waals surface area contributed by atoms with Gasteiger partial charge < -0.3 is 23.7 Å². The highest BCUT2D eigenvalue weighted by molar-refractivity contribution is 6.05. The number of carbonyl (C=O) groups is 2. The lowest BCUT2D eigenvalue weighted by molar-refractivity contribution is -0.132. The number of esters is 1. The van der Waals surface area contributed by atoms with Crippen molar-refractivity contribution in [2.75, 3.05) is 19.5 Å². The molecule has 0 unspecified atom stereocenters. The van der Waals surface area contributed by atoms with Gasteiger partial charge >= 0.3 is 5.97 Å². The Morgan fingerprint density at radius 1 is 0.966 bits per heavy atom. The maximum Gasteiger partial charge on any atom is 0.308 e. The zero-order valence-electron chi connectivity index (χ0n) is 16.0. The van der Waals surface area contributed by atoms with Crippen LogP contribution in [0.5, 0.6) is 23.0 Å². The van der Waals surface area contributed by atoms with E-state index < -0.39 is 17.6 Å². The van der Waals surface area contributed by atoms with Crippen LogP contribution in [0.4, 0.5) is 5.88 Å². The topological polar surface area (TPSA) is 107 Å². The number of hydrogen-bond donors (Lipinski definition) is 2. The van der Waals surface area contributed by atoms with Crippen molar-refractivity contribution in [1.29, 1.82) is 0 Å². The lowest BCUT2D eigenvalue weighted by Crippen LogP contribution is -2.12. The summed E-state index contributed by atoms with van der Waals surface area (Å²) in [6.45, 7) is 1.17. The van der Waals surface area contributed by atoms with Crippen LogP contribution in [0.25, 0.3) is 11.3 Å². The van der Waals surface area contributed by atoms with E-state index in [1.165, 1.54) is 21.1 Å². The lowest BCUT2D eigenvalue weighted by Gasteiger charge is -2.11. The molecule has 3 rings (SSSR count). The van der Waals surface area contributed by atoms with Gasteiger partial charge in [0.15, 0.2) is 5.76 Å². The lowest BCUT2D eigenvalue weighted by atomic mass is 10.1. The van der Waals surface area contributed by atoms with Crippen LogP contribution in [-0.4, -0.2) is 31.2 Å². The molecule has 0 saturated heterocycles. The zero-order valence-corrected chi connectivity index (χ0v) is 16.0. The molecule has 0 spiro atoms. The number of anilines is 1. The summed E-state index contributed by atoms with van der Waals surface area (Å²) in [4.78, 5) is 24.0. The van der Waals surface area contributed by atoms with E-state index in [1.54, 1.807) is 48.5 Å². The molecule has 3 aromatic rings. The van der Waals surface area contributed by atoms with Crippen molar-refractivity contribution in [1.82, 2.24) is 0 Å². The molecular weight excluding hydrogens is 378 g/mol. The molecule has 0 aliphatic heterocycles. The SMILES string of the molecule is COc1cccc(OC)c1-c1oc(NC(=O)c2ccccc2)c(OC(C)=O)c1O. The Balaban J connectivity index is 2.12. The second-order valence-corrected chi connectivity index (χ2v) is 5.89. The quantitative estimate of drug-likeness (QED) is 0.608. The third-order valence-corrected chi connectivity index (χ3v) is 4.00. The van der Waals surface area contributed by atoms with Gasteiger partial charge in [0.1, 0.15) is 17.1 Å². The molecule has 0 aliphatic carbocycles. The van der Waals surface area contributed by atoms with Crippen LogP contribution < -0.4 is 19.5 Å². The first-order valence-corrected chi connectivity index (χ1v) is 8.58. The van der Waals surface area contributed by atoms with Gasteiger partial charge in [0.2, 0.25) is 17.4 Å². The number of rotatable bonds is 6. The molecule has 0 atom stereocenters. The number of ether oxygens (including phenoxy) is 3. The van der Waals surface area contributed by atoms with Gasteiger partial charge in [-0.2, -0.15) is 0 Å². The van der Waals surface area contributed by atoms with Crippen LogP contribution in [0.3, 0.4) is 0 Å². The Hall–Kier alpha value is -3.94. The average molecular weight is 397 g/mol. The van der Waals surface area contributed by atoms with E-state index in [4.69, 9.17) is 18.6 Å². The van der Waals surface area contributed by atoms with Gasteiger partial charge in [-0.05, 0) is 24.3 Å². The Kier molecular flexibility index (Phi) is 5.73. The predicted molar refractivity (Wildman–Crippen MR) is 105 cm³/mol. The monoisotopic (exact) mass is 397 g/mol. The maximum atomic E-state index is 12.5. The Labute approximate surface area is 166 Å². The highest BCUT2D eigenvalue weighted by Gasteiger charge is 2.29. The van der Waals surface area contributed by atoms with Crippen molar-refractivity contribution in [3.63, 3.8) is 0 Å². The minimum absolute atomic E-state index is 0.0843. The fraction of sp³-hybridized carbons (Fsp3) is 0.143. The van der Waals surface area contributed by atoms with Crippen molar-refractivity contribution in [2.45, 2.75) is 6.92 Å². The number of amides is 1. The number of benzene rings is 2. The van der Waals surface area contributed by atoms with Crippen molar-refractivity contribution in [2.24, 2.45) is 0 Å². The fourth-order valence-electron chi connectivity index (χ4n) is 2.74. The second kappa shape index (κ2) is 8.39. The van der Waals surface area contributed by atoms with Gasteiger partial charge in [0, 0.05) is 12.5 Å². The van der Waals surface area contributed by atoms with Gasteiger partial charge in [-0.15, -0.1) is 0 Å². The molecule has 29 heavy (non-hydrogen) atoms. The number of aromatic hydroxyl groups is 1. The highest BCUT2D eigenvalue weighted by atomic mass is 16.6. The van der Waals surface area contributed by atoms with Crippen LogP contribution in [-0.2, 0) is 4.79 Å². The van der Waals surface area contributed by atoms with Crippen LogP contribution in [0.1, 0.15) is 17.3 Å². The van der Waals surface area contributed by atoms with E-state index in [1.807, 2.05) is 0 Å². The highest BCUT2D eigenvalue weighted by Crippen LogP contribution is 2.51. The van der Waals surface area contributed by atoms with E-state index >= 15 is 0 Å². The van der Waals surface area contributed by atoms with Crippen molar-refractivity contribution in [3.05, 3.63) is 54.1 Å². The molecule has 1 amide bonds. The predicted octanol–water partition coefficient (Wildman–Crippen LogP) is 3.85. The Bertz CT molecular complexity index is 1020. The van der Waals surface area contributed by atoms with Crippen LogP contribution >= 0.6 is 0 Å². The Morgan fingerprint density at radius 2 is 1.59 bits per heavy atom. The van der Waals surface area contributed by atoms with Gasteiger partial charge in [0.25, 0.3) is 5.91 Å². The molecule has 0 saturated carbocycles. The van der Waals surface area contributed by atoms with Gasteiger partial charge in [-0.1, -0.05) is 24.3 Å². The van der Waals surface area contributed by atoms with Gasteiger partial charge in [0.05, 0.1) is 14.2 Å². The van der Waals surface area contributed by atoms with Gasteiger partial charge in [-0.3, -0.25) is 14.9 Å². The first kappa shape index (κ1) is 19.8. The minimum atomic E-state index is -0.699. The summed E-state index contributed by atoms with van der Waals surface area (Å²) in [7, 11) is 2.90. The zero-order chi connectivity index (χ0) is 21.0. The summed E-state index contributed by atoms with van der Waals surface area (Å²) in [5, 5.41) is 13.2. The number of nitrogens with one attached hydrogen (secondary N) is 1. The third-order valence-electron chi connectivity index (χ3n) is 4.00. The molecule has 0 aliphatic rings. The normalized spacial score (nSPS) is 10.3. The molecular formula is C21H19NO7. The van der Waals surface area contributed by atoms with E-state index in [2.05, 4.69) is 5.32 Å². The summed E-state index contributed by atoms with van der Waals surface area (Å²) >= 11 is 0. The number of furan rings is 1. The molecule has 0 fully saturated rings. The largest absolute Gasteiger partial charge is 0.502 e. The van der Waals surface area contributed by atoms with Crippen molar-refractivity contribution >= 4 is 17.8 Å². The van der Waals surface area contributed by atoms with Gasteiger partial charge in [-0.25, -0.2) is 0 Å². The molecule has 2 N–H and O–H groups in total. The summed E-state index contributed by atoms with van der Waals surface area (Å²) in [6, 6.07) is 13.4. The molecule has 2 aromatic carbocycles. The standard InChI is InChI=1S/C21H19NO7/c1-12(23)28-19-17(24)18(16-14(26-2)10-7-11-15(16)27-3)29-21(19)22-20(25)13-8-5-4-6-9-13/h4-11,24H,1-3H3,(H,22,25). The van der Waals surface area contributed by atoms with E-state index in [9.17, 15) is 14.7 Å². The first-order valence-electron chi connectivity index (χ1n) is 8.58. The van der Waals surface area contributed by atoms with Crippen LogP contribution in [0.15, 0.2) is 52.9 Å². The molecule has 1 aromatic heterocycles. The molecule has 0 bridgehead atoms. The van der Waals surface area contributed by atoms with E-state index in [-0.39, 0.29) is 17.4 Å². The smallest absolute Gasteiger partial charge is 0.308 e. The molecule has 8 nitrogen and oxygen atoms in total. The number of carbonyl (C=O) groups excluding carboxylic acids is 2. The first-order chi connectivity index (χ1) is 14.0. The number of hydrogen-bond acceptors (Lipinski definition) is 7. The summed E-state index contributed by atoms with van der Waals surface area (Å²) in [5.74, 6) is -1.61. The second-order valence-electron chi connectivity index (χ2n) is 5.89. The average Bonchev–Trinajstić information content (AvgIpc) is 3.02. The molecule has 8 heteroatoms. The molecule has 1 heterocycles. The number of methoxy groups -OCH3 is 2. The molecule has 150 valence electrons. The third kappa shape index (κ3) is 4.01. The maximum absolute atomic E-state index is 12.5. The van der Waals surface area contributed by atoms with Crippen molar-refractivity contribution in [3.8, 4) is 34.3 Å². The molecule has 0 radical (unpaired) electrons. The van der Waals surface area contributed by atoms with E-state index in [0.29, 0.717) is 22.6 Å². The van der Waals surface area contributed by atoms with Crippen LogP contribution in [0.2, 0.25) is 0 Å². The Morgan fingerprint density at radius 3 is 2.14 bits per heavy atom. The summed E-state index contributed by atoms with van der Waals surface area (Å²) in [6.07, 6.45) is 0. The summed E-state index contributed by atoms with van der Waals surface area (Å²) < 4.78 is 21.4. The summed E-state index contributed by atoms with van der Waals surface area (Å²) in [5.41, 5.74) is 0.650. The van der Waals surface area contributed by atoms with Crippen LogP contribution in [0, 0.1) is 0 Å². The fourth-order valence-corrected chi connectivity index (χ4v) is 2.74.